The molecule has 0 amide bonds. The molecule has 1 aliphatic carbocycles. The maximum absolute atomic E-state index is 10.4. The summed E-state index contributed by atoms with van der Waals surface area (Å²) in [7, 11) is 0. The summed E-state index contributed by atoms with van der Waals surface area (Å²) >= 11 is 0. The summed E-state index contributed by atoms with van der Waals surface area (Å²) in [6.07, 6.45) is 2.22. The Morgan fingerprint density at radius 2 is 2.17 bits per heavy atom. The quantitative estimate of drug-likeness (QED) is 0.506. The molecule has 0 aromatic carbocycles. The second-order valence-electron chi connectivity index (χ2n) is 3.41. The fourth-order valence-electron chi connectivity index (χ4n) is 1.66. The monoisotopic (exact) mass is 173 g/mol. The molecule has 12 heavy (non-hydrogen) atoms. The minimum Gasteiger partial charge on any atom is -0.481 e. The molecule has 0 aromatic rings. The lowest BCUT2D eigenvalue weighted by Gasteiger charge is -2.36. The van der Waals surface area contributed by atoms with Gasteiger partial charge in [0, 0.05) is 10.3 Å². The molecule has 1 N–H and O–H groups in total. The van der Waals surface area contributed by atoms with Crippen LogP contribution in [0, 0.1) is 15.5 Å². The number of nitro groups is 1. The van der Waals surface area contributed by atoms with Gasteiger partial charge in [0.15, 0.2) is 0 Å². The first-order valence-corrected chi connectivity index (χ1v) is 3.88. The third-order valence-electron chi connectivity index (χ3n) is 2.40. The Hall–Kier alpha value is -1.13. The van der Waals surface area contributed by atoms with Crippen LogP contribution in [0.25, 0.3) is 0 Å². The molecule has 0 aliphatic heterocycles. The van der Waals surface area contributed by atoms with Gasteiger partial charge < -0.3 is 5.11 Å². The highest BCUT2D eigenvalue weighted by atomic mass is 16.6. The van der Waals surface area contributed by atoms with Gasteiger partial charge >= 0.3 is 5.97 Å². The first-order valence-electron chi connectivity index (χ1n) is 3.88. The first-order chi connectivity index (χ1) is 5.54. The molecule has 1 rings (SSSR count). The normalized spacial score (nSPS) is 19.7. The molecular formula is C7H11NO4. The Morgan fingerprint density at radius 3 is 2.42 bits per heavy atom. The van der Waals surface area contributed by atoms with E-state index in [1.807, 2.05) is 0 Å². The van der Waals surface area contributed by atoms with E-state index in [2.05, 4.69) is 0 Å². The highest BCUT2D eigenvalue weighted by Crippen LogP contribution is 2.43. The van der Waals surface area contributed by atoms with Gasteiger partial charge in [-0.25, -0.2) is 0 Å². The average Bonchev–Trinajstić information content (AvgIpc) is 1.80. The molecule has 0 saturated heterocycles. The summed E-state index contributed by atoms with van der Waals surface area (Å²) in [6, 6.07) is 0. The average molecular weight is 173 g/mol. The maximum Gasteiger partial charge on any atom is 0.304 e. The number of aliphatic carboxylic acids is 1. The van der Waals surface area contributed by atoms with Gasteiger partial charge in [-0.1, -0.05) is 6.42 Å². The van der Waals surface area contributed by atoms with E-state index in [4.69, 9.17) is 5.11 Å². The van der Waals surface area contributed by atoms with Crippen molar-refractivity contribution in [2.24, 2.45) is 5.41 Å². The number of carboxylic acids is 1. The van der Waals surface area contributed by atoms with Crippen LogP contribution >= 0.6 is 0 Å². The summed E-state index contributed by atoms with van der Waals surface area (Å²) in [5.74, 6) is -0.934. The molecule has 1 saturated carbocycles. The van der Waals surface area contributed by atoms with Gasteiger partial charge in [-0.15, -0.1) is 0 Å². The maximum atomic E-state index is 10.4. The van der Waals surface area contributed by atoms with Crippen molar-refractivity contribution in [3.05, 3.63) is 10.1 Å². The molecule has 0 heterocycles. The standard InChI is InChI=1S/C7H11NO4/c9-6(10)4-7(2-1-3-7)5-8(11)12/h1-5H2,(H,9,10). The highest BCUT2D eigenvalue weighted by molar-refractivity contribution is 5.67. The van der Waals surface area contributed by atoms with Crippen molar-refractivity contribution in [2.45, 2.75) is 25.7 Å². The topological polar surface area (TPSA) is 80.4 Å². The van der Waals surface area contributed by atoms with Crippen LogP contribution in [0.2, 0.25) is 0 Å². The molecule has 0 aromatic heterocycles. The molecule has 0 radical (unpaired) electrons. The molecule has 0 spiro atoms. The third-order valence-corrected chi connectivity index (χ3v) is 2.40. The van der Waals surface area contributed by atoms with Crippen molar-refractivity contribution >= 4 is 5.97 Å². The van der Waals surface area contributed by atoms with Crippen LogP contribution in [0.3, 0.4) is 0 Å². The van der Waals surface area contributed by atoms with Crippen molar-refractivity contribution in [1.29, 1.82) is 0 Å². The van der Waals surface area contributed by atoms with Crippen LogP contribution in [0.1, 0.15) is 25.7 Å². The number of carbonyl (C=O) groups is 1. The van der Waals surface area contributed by atoms with Crippen molar-refractivity contribution in [3.63, 3.8) is 0 Å². The molecule has 5 nitrogen and oxygen atoms in total. The SMILES string of the molecule is O=C(O)CC1(C[N+](=O)[O-])CCC1. The Balaban J connectivity index is 2.50. The van der Waals surface area contributed by atoms with Crippen LogP contribution in [0.5, 0.6) is 0 Å². The van der Waals surface area contributed by atoms with Gasteiger partial charge in [0.1, 0.15) is 0 Å². The fourth-order valence-corrected chi connectivity index (χ4v) is 1.66. The largest absolute Gasteiger partial charge is 0.481 e. The molecule has 0 unspecified atom stereocenters. The molecule has 1 fully saturated rings. The van der Waals surface area contributed by atoms with Gasteiger partial charge in [0.2, 0.25) is 6.54 Å². The van der Waals surface area contributed by atoms with Gasteiger partial charge in [-0.2, -0.15) is 0 Å². The fraction of sp³-hybridized carbons (Fsp3) is 0.857. The second kappa shape index (κ2) is 3.08. The molecular weight excluding hydrogens is 162 g/mol. The van der Waals surface area contributed by atoms with E-state index in [-0.39, 0.29) is 13.0 Å². The third kappa shape index (κ3) is 1.93. The van der Waals surface area contributed by atoms with Crippen LogP contribution in [0.4, 0.5) is 0 Å². The Labute approximate surface area is 69.5 Å². The van der Waals surface area contributed by atoms with Crippen LogP contribution in [-0.4, -0.2) is 22.5 Å². The van der Waals surface area contributed by atoms with Crippen molar-refractivity contribution < 1.29 is 14.8 Å². The van der Waals surface area contributed by atoms with Crippen LogP contribution < -0.4 is 0 Å². The van der Waals surface area contributed by atoms with Gasteiger partial charge in [-0.05, 0) is 12.8 Å². The minimum absolute atomic E-state index is 0.0615. The lowest BCUT2D eigenvalue weighted by molar-refractivity contribution is -0.501. The summed E-state index contributed by atoms with van der Waals surface area (Å²) in [4.78, 5) is 20.2. The van der Waals surface area contributed by atoms with Crippen molar-refractivity contribution in [3.8, 4) is 0 Å². The highest BCUT2D eigenvalue weighted by Gasteiger charge is 2.43. The number of hydrogen-bond acceptors (Lipinski definition) is 3. The van der Waals surface area contributed by atoms with Crippen LogP contribution in [-0.2, 0) is 4.79 Å². The number of carboxylic acid groups (broad SMARTS) is 1. The zero-order chi connectivity index (χ0) is 9.19. The molecule has 5 heteroatoms. The molecule has 0 bridgehead atoms. The lowest BCUT2D eigenvalue weighted by atomic mass is 9.67. The summed E-state index contributed by atoms with van der Waals surface area (Å²) in [5.41, 5.74) is -0.532. The zero-order valence-corrected chi connectivity index (χ0v) is 6.65. The van der Waals surface area contributed by atoms with E-state index in [1.165, 1.54) is 0 Å². The van der Waals surface area contributed by atoms with E-state index >= 15 is 0 Å². The predicted octanol–water partition coefficient (Wildman–Crippen LogP) is 0.908. The molecule has 1 aliphatic rings. The van der Waals surface area contributed by atoms with E-state index < -0.39 is 16.3 Å². The first kappa shape index (κ1) is 8.96. The Kier molecular flexibility index (Phi) is 2.30. The number of nitrogens with zero attached hydrogens (tertiary/aromatic N) is 1. The van der Waals surface area contributed by atoms with E-state index in [0.29, 0.717) is 12.8 Å². The minimum atomic E-state index is -0.934. The van der Waals surface area contributed by atoms with Gasteiger partial charge in [-0.3, -0.25) is 14.9 Å². The molecule has 0 atom stereocenters. The Bertz CT molecular complexity index is 191. The number of rotatable bonds is 4. The van der Waals surface area contributed by atoms with Crippen LogP contribution in [0.15, 0.2) is 0 Å². The zero-order valence-electron chi connectivity index (χ0n) is 6.65. The second-order valence-corrected chi connectivity index (χ2v) is 3.41. The Morgan fingerprint density at radius 1 is 1.58 bits per heavy atom. The van der Waals surface area contributed by atoms with Crippen molar-refractivity contribution in [2.75, 3.05) is 6.54 Å². The summed E-state index contributed by atoms with van der Waals surface area (Å²) < 4.78 is 0. The van der Waals surface area contributed by atoms with E-state index in [9.17, 15) is 14.9 Å². The summed E-state index contributed by atoms with van der Waals surface area (Å²) in [5, 5.41) is 18.7. The summed E-state index contributed by atoms with van der Waals surface area (Å²) in [6.45, 7) is -0.195. The number of hydrogen-bond donors (Lipinski definition) is 1. The van der Waals surface area contributed by atoms with Gasteiger partial charge in [0.05, 0.1) is 6.42 Å². The lowest BCUT2D eigenvalue weighted by Crippen LogP contribution is -2.38. The van der Waals surface area contributed by atoms with Crippen molar-refractivity contribution in [1.82, 2.24) is 0 Å². The van der Waals surface area contributed by atoms with E-state index in [0.717, 1.165) is 6.42 Å². The smallest absolute Gasteiger partial charge is 0.304 e. The predicted molar refractivity (Wildman–Crippen MR) is 40.4 cm³/mol. The van der Waals surface area contributed by atoms with E-state index in [1.54, 1.807) is 0 Å². The van der Waals surface area contributed by atoms with Gasteiger partial charge in [0.25, 0.3) is 0 Å². The molecule has 68 valence electrons.